The minimum Gasteiger partial charge on any atom is -0.465 e. The zero-order valence-corrected chi connectivity index (χ0v) is 15.7. The first kappa shape index (κ1) is 21.6. The average molecular weight is 337 g/mol. The quantitative estimate of drug-likeness (QED) is 0.308. The molecule has 0 aliphatic carbocycles. The van der Waals surface area contributed by atoms with Crippen molar-refractivity contribution in [2.75, 3.05) is 33.4 Å². The number of carbonyl (C=O) groups is 1. The number of hydrogen-bond acceptors (Lipinski definition) is 6. The van der Waals surface area contributed by atoms with Gasteiger partial charge in [0.1, 0.15) is 5.78 Å². The lowest BCUT2D eigenvalue weighted by Crippen LogP contribution is -2.36. The summed E-state index contributed by atoms with van der Waals surface area (Å²) >= 11 is 0. The van der Waals surface area contributed by atoms with Crippen molar-refractivity contribution in [1.29, 1.82) is 0 Å². The lowest BCUT2D eigenvalue weighted by molar-refractivity contribution is -0.148. The third kappa shape index (κ3) is 7.23. The Morgan fingerprint density at radius 1 is 1.14 bits per heavy atom. The van der Waals surface area contributed by atoms with Crippen LogP contribution >= 0.6 is 7.60 Å². The van der Waals surface area contributed by atoms with Crippen molar-refractivity contribution in [1.82, 2.24) is 4.90 Å². The van der Waals surface area contributed by atoms with E-state index in [2.05, 4.69) is 0 Å². The molecule has 0 saturated carbocycles. The van der Waals surface area contributed by atoms with Gasteiger partial charge in [0.25, 0.3) is 0 Å². The summed E-state index contributed by atoms with van der Waals surface area (Å²) in [6.45, 7) is 10.8. The summed E-state index contributed by atoms with van der Waals surface area (Å²) < 4.78 is 28.6. The van der Waals surface area contributed by atoms with Gasteiger partial charge in [-0.25, -0.2) is 0 Å². The molecular formula is C15H32NO5P. The molecule has 2 unspecified atom stereocenters. The zero-order valence-electron chi connectivity index (χ0n) is 14.8. The fourth-order valence-electron chi connectivity index (χ4n) is 1.97. The molecule has 0 fully saturated rings. The Morgan fingerprint density at radius 3 is 2.14 bits per heavy atom. The van der Waals surface area contributed by atoms with E-state index in [9.17, 15) is 9.36 Å². The molecule has 2 atom stereocenters. The van der Waals surface area contributed by atoms with Gasteiger partial charge in [0.15, 0.2) is 0 Å². The van der Waals surface area contributed by atoms with Crippen LogP contribution in [-0.4, -0.2) is 50.1 Å². The predicted octanol–water partition coefficient (Wildman–Crippen LogP) is 3.51. The standard InChI is InChI=1S/C15H32NO5P/c1-7-10-11-19-15(17)13(4)12-16(6)14(5)22(18,20-8-2)21-9-3/h13-14H,7-12H2,1-6H3. The van der Waals surface area contributed by atoms with Crippen LogP contribution < -0.4 is 0 Å². The van der Waals surface area contributed by atoms with Crippen molar-refractivity contribution in [3.63, 3.8) is 0 Å². The monoisotopic (exact) mass is 337 g/mol. The number of unbranched alkanes of at least 4 members (excludes halogenated alkanes) is 1. The first-order valence-corrected chi connectivity index (χ1v) is 9.69. The molecule has 0 aromatic carbocycles. The van der Waals surface area contributed by atoms with Gasteiger partial charge in [-0.1, -0.05) is 20.3 Å². The number of esters is 1. The Balaban J connectivity index is 4.57. The highest BCUT2D eigenvalue weighted by atomic mass is 31.2. The molecule has 132 valence electrons. The summed E-state index contributed by atoms with van der Waals surface area (Å²) in [7, 11) is -1.39. The molecule has 0 aliphatic heterocycles. The lowest BCUT2D eigenvalue weighted by atomic mass is 10.2. The van der Waals surface area contributed by atoms with Crippen molar-refractivity contribution in [2.45, 2.75) is 53.2 Å². The van der Waals surface area contributed by atoms with Crippen LogP contribution in [-0.2, 0) is 23.1 Å². The van der Waals surface area contributed by atoms with Crippen LogP contribution in [0.25, 0.3) is 0 Å². The van der Waals surface area contributed by atoms with E-state index in [-0.39, 0.29) is 11.9 Å². The highest BCUT2D eigenvalue weighted by Crippen LogP contribution is 2.53. The van der Waals surface area contributed by atoms with Crippen molar-refractivity contribution < 1.29 is 23.1 Å². The molecule has 0 N–H and O–H groups in total. The summed E-state index contributed by atoms with van der Waals surface area (Å²) in [6.07, 6.45) is 1.86. The molecule has 7 heteroatoms. The maximum Gasteiger partial charge on any atom is 0.347 e. The topological polar surface area (TPSA) is 65.1 Å². The molecule has 0 bridgehead atoms. The number of rotatable bonds is 12. The van der Waals surface area contributed by atoms with Gasteiger partial charge in [-0.15, -0.1) is 0 Å². The van der Waals surface area contributed by atoms with Crippen molar-refractivity contribution in [3.05, 3.63) is 0 Å². The normalized spacial score (nSPS) is 14.9. The van der Waals surface area contributed by atoms with Gasteiger partial charge in [-0.3, -0.25) is 14.3 Å². The predicted molar refractivity (Wildman–Crippen MR) is 88.0 cm³/mol. The highest BCUT2D eigenvalue weighted by molar-refractivity contribution is 7.54. The first-order valence-electron chi connectivity index (χ1n) is 8.07. The van der Waals surface area contributed by atoms with Gasteiger partial charge in [0.05, 0.1) is 25.7 Å². The molecule has 6 nitrogen and oxygen atoms in total. The number of nitrogens with zero attached hydrogens (tertiary/aromatic N) is 1. The Labute approximate surface area is 135 Å². The minimum atomic E-state index is -3.21. The van der Waals surface area contributed by atoms with E-state index >= 15 is 0 Å². The molecule has 0 saturated heterocycles. The second kappa shape index (κ2) is 11.2. The first-order chi connectivity index (χ1) is 10.3. The van der Waals surface area contributed by atoms with Gasteiger partial charge in [0.2, 0.25) is 0 Å². The van der Waals surface area contributed by atoms with Crippen LogP contribution in [0.2, 0.25) is 0 Å². The Kier molecular flexibility index (Phi) is 11.0. The average Bonchev–Trinajstić information content (AvgIpc) is 2.46. The molecule has 0 amide bonds. The largest absolute Gasteiger partial charge is 0.465 e. The van der Waals surface area contributed by atoms with E-state index in [1.807, 2.05) is 25.8 Å². The van der Waals surface area contributed by atoms with Gasteiger partial charge in [0, 0.05) is 6.54 Å². The fraction of sp³-hybridized carbons (Fsp3) is 0.933. The zero-order chi connectivity index (χ0) is 17.2. The molecule has 0 aromatic rings. The Bertz CT molecular complexity index is 354. The smallest absolute Gasteiger partial charge is 0.347 e. The van der Waals surface area contributed by atoms with Crippen LogP contribution in [0.4, 0.5) is 0 Å². The number of ether oxygens (including phenoxy) is 1. The molecule has 0 aromatic heterocycles. The maximum atomic E-state index is 12.7. The van der Waals surface area contributed by atoms with Gasteiger partial charge in [-0.05, 0) is 34.2 Å². The molecule has 0 spiro atoms. The Hall–Kier alpha value is -0.420. The van der Waals surface area contributed by atoms with Crippen LogP contribution in [0.3, 0.4) is 0 Å². The Morgan fingerprint density at radius 2 is 1.68 bits per heavy atom. The van der Waals surface area contributed by atoms with Crippen LogP contribution in [0, 0.1) is 5.92 Å². The molecular weight excluding hydrogens is 305 g/mol. The maximum absolute atomic E-state index is 12.7. The van der Waals surface area contributed by atoms with Gasteiger partial charge >= 0.3 is 13.6 Å². The molecule has 0 aliphatic rings. The number of hydrogen-bond donors (Lipinski definition) is 0. The van der Waals surface area contributed by atoms with E-state index in [1.165, 1.54) is 0 Å². The minimum absolute atomic E-state index is 0.227. The van der Waals surface area contributed by atoms with Crippen LogP contribution in [0.5, 0.6) is 0 Å². The van der Waals surface area contributed by atoms with Gasteiger partial charge in [-0.2, -0.15) is 0 Å². The summed E-state index contributed by atoms with van der Waals surface area (Å²) in [6, 6.07) is 0. The van der Waals surface area contributed by atoms with E-state index in [1.54, 1.807) is 20.8 Å². The highest BCUT2D eigenvalue weighted by Gasteiger charge is 2.35. The van der Waals surface area contributed by atoms with E-state index in [4.69, 9.17) is 13.8 Å². The van der Waals surface area contributed by atoms with E-state index < -0.39 is 13.4 Å². The van der Waals surface area contributed by atoms with Crippen molar-refractivity contribution in [3.8, 4) is 0 Å². The molecule has 22 heavy (non-hydrogen) atoms. The van der Waals surface area contributed by atoms with Crippen molar-refractivity contribution >= 4 is 13.6 Å². The summed E-state index contributed by atoms with van der Waals surface area (Å²) in [4.78, 5) is 13.7. The second-order valence-electron chi connectivity index (χ2n) is 5.37. The number of carbonyl (C=O) groups excluding carboxylic acids is 1. The summed E-state index contributed by atoms with van der Waals surface area (Å²) in [5.41, 5.74) is 0. The summed E-state index contributed by atoms with van der Waals surface area (Å²) in [5.74, 6) is -0.936. The van der Waals surface area contributed by atoms with Gasteiger partial charge < -0.3 is 13.8 Å². The van der Waals surface area contributed by atoms with E-state index in [0.29, 0.717) is 26.4 Å². The van der Waals surface area contributed by atoms with Crippen LogP contribution in [0.1, 0.15) is 47.5 Å². The van der Waals surface area contributed by atoms with Crippen LogP contribution in [0.15, 0.2) is 0 Å². The SMILES string of the molecule is CCCCOC(=O)C(C)CN(C)C(C)P(=O)(OCC)OCC. The summed E-state index contributed by atoms with van der Waals surface area (Å²) in [5, 5.41) is 0. The molecule has 0 rings (SSSR count). The second-order valence-corrected chi connectivity index (χ2v) is 7.71. The van der Waals surface area contributed by atoms with E-state index in [0.717, 1.165) is 12.8 Å². The lowest BCUT2D eigenvalue weighted by Gasteiger charge is -2.31. The third-order valence-electron chi connectivity index (χ3n) is 3.42. The third-order valence-corrected chi connectivity index (χ3v) is 5.97. The molecule has 0 radical (unpaired) electrons. The molecule has 0 heterocycles. The van der Waals surface area contributed by atoms with Crippen molar-refractivity contribution in [2.24, 2.45) is 5.92 Å². The fourth-order valence-corrected chi connectivity index (χ4v) is 3.78.